The number of amides is 3. The van der Waals surface area contributed by atoms with Gasteiger partial charge in [-0.05, 0) is 49.9 Å². The summed E-state index contributed by atoms with van der Waals surface area (Å²) in [5, 5.41) is 3.88. The van der Waals surface area contributed by atoms with E-state index < -0.39 is 22.0 Å². The Morgan fingerprint density at radius 3 is 2.36 bits per heavy atom. The molecule has 0 bridgehead atoms. The summed E-state index contributed by atoms with van der Waals surface area (Å²) in [5.41, 5.74) is 0.662. The molecule has 3 amide bonds. The fourth-order valence-corrected chi connectivity index (χ4v) is 7.41. The van der Waals surface area contributed by atoms with E-state index in [1.54, 1.807) is 30.3 Å². The second-order valence-corrected chi connectivity index (χ2v) is 12.6. The van der Waals surface area contributed by atoms with Crippen molar-refractivity contribution >= 4 is 50.9 Å². The lowest BCUT2D eigenvalue weighted by Crippen LogP contribution is -2.51. The lowest BCUT2D eigenvalue weighted by molar-refractivity contribution is -0.141. The van der Waals surface area contributed by atoms with Crippen LogP contribution in [0.1, 0.15) is 74.2 Å². The van der Waals surface area contributed by atoms with Crippen molar-refractivity contribution in [1.82, 2.24) is 14.5 Å². The average molecular weight is 595 g/mol. The van der Waals surface area contributed by atoms with E-state index in [0.717, 1.165) is 36.4 Å². The maximum absolute atomic E-state index is 13.6. The number of sulfonamides is 1. The quantitative estimate of drug-likeness (QED) is 0.409. The average Bonchev–Trinajstić information content (AvgIpc) is 3.11. The molecule has 0 saturated heterocycles. The topological polar surface area (TPSA) is 104 Å². The number of carbonyl (C=O) groups is 3. The molecule has 2 aliphatic rings. The molecule has 1 aliphatic carbocycles. The Hall–Kier alpha value is -2.62. The number of rotatable bonds is 10. The van der Waals surface area contributed by atoms with Crippen LogP contribution in [-0.4, -0.2) is 54.0 Å². The van der Waals surface area contributed by atoms with Gasteiger partial charge < -0.3 is 10.2 Å². The molecule has 8 nitrogen and oxygen atoms in total. The third-order valence-electron chi connectivity index (χ3n) is 7.39. The van der Waals surface area contributed by atoms with E-state index in [4.69, 9.17) is 23.2 Å². The van der Waals surface area contributed by atoms with Crippen LogP contribution in [0.2, 0.25) is 10.0 Å². The molecule has 1 unspecified atom stereocenters. The lowest BCUT2D eigenvalue weighted by atomic mass is 9.95. The normalized spacial score (nSPS) is 17.5. The molecule has 1 fully saturated rings. The van der Waals surface area contributed by atoms with Gasteiger partial charge in [0.1, 0.15) is 10.9 Å². The SMILES string of the molecule is CCC(C(=O)NC1CCCCC1)N(Cc1c(Cl)cccc1Cl)C(=O)CCCN1C(=O)c2ccccc2S1(=O)=O. The van der Waals surface area contributed by atoms with Crippen LogP contribution in [0.5, 0.6) is 0 Å². The lowest BCUT2D eigenvalue weighted by Gasteiger charge is -2.33. The number of fused-ring (bicyclic) bond motifs is 1. The van der Waals surface area contributed by atoms with Gasteiger partial charge in [0.25, 0.3) is 15.9 Å². The predicted octanol–water partition coefficient (Wildman–Crippen LogP) is 5.17. The molecule has 210 valence electrons. The second kappa shape index (κ2) is 12.7. The molecule has 1 saturated carbocycles. The highest BCUT2D eigenvalue weighted by Gasteiger charge is 2.40. The van der Waals surface area contributed by atoms with Gasteiger partial charge in [-0.15, -0.1) is 0 Å². The summed E-state index contributed by atoms with van der Waals surface area (Å²) in [5.74, 6) is -1.18. The van der Waals surface area contributed by atoms with Crippen molar-refractivity contribution < 1.29 is 22.8 Å². The first kappa shape index (κ1) is 29.4. The van der Waals surface area contributed by atoms with Gasteiger partial charge in [0.05, 0.1) is 5.56 Å². The summed E-state index contributed by atoms with van der Waals surface area (Å²) >= 11 is 12.8. The summed E-state index contributed by atoms with van der Waals surface area (Å²) in [6.07, 6.45) is 5.50. The summed E-state index contributed by atoms with van der Waals surface area (Å²) in [6, 6.07) is 10.4. The van der Waals surface area contributed by atoms with Crippen LogP contribution in [0.3, 0.4) is 0 Å². The number of benzene rings is 2. The van der Waals surface area contributed by atoms with Crippen LogP contribution in [-0.2, 0) is 26.2 Å². The minimum Gasteiger partial charge on any atom is -0.352 e. The monoisotopic (exact) mass is 593 g/mol. The Bertz CT molecular complexity index is 1320. The molecule has 2 aromatic carbocycles. The fourth-order valence-electron chi connectivity index (χ4n) is 5.29. The number of nitrogens with one attached hydrogen (secondary N) is 1. The van der Waals surface area contributed by atoms with Gasteiger partial charge >= 0.3 is 0 Å². The highest BCUT2D eigenvalue weighted by Crippen LogP contribution is 2.31. The van der Waals surface area contributed by atoms with Crippen molar-refractivity contribution in [2.45, 2.75) is 81.8 Å². The molecule has 11 heteroatoms. The number of hydrogen-bond donors (Lipinski definition) is 1. The molecule has 4 rings (SSSR count). The van der Waals surface area contributed by atoms with Crippen LogP contribution in [0.15, 0.2) is 47.4 Å². The van der Waals surface area contributed by atoms with Gasteiger partial charge in [-0.2, -0.15) is 0 Å². The molecule has 1 atom stereocenters. The van der Waals surface area contributed by atoms with E-state index in [1.807, 2.05) is 6.92 Å². The summed E-state index contributed by atoms with van der Waals surface area (Å²) in [6.45, 7) is 1.72. The molecule has 39 heavy (non-hydrogen) atoms. The van der Waals surface area contributed by atoms with E-state index in [0.29, 0.717) is 22.0 Å². The molecule has 0 aromatic heterocycles. The molecule has 0 radical (unpaired) electrons. The Balaban J connectivity index is 1.50. The third-order valence-corrected chi connectivity index (χ3v) is 9.94. The van der Waals surface area contributed by atoms with Crippen LogP contribution >= 0.6 is 23.2 Å². The molecule has 1 aliphatic heterocycles. The Labute approximate surface area is 239 Å². The van der Waals surface area contributed by atoms with Crippen molar-refractivity contribution in [3.8, 4) is 0 Å². The van der Waals surface area contributed by atoms with E-state index in [2.05, 4.69) is 5.32 Å². The fraction of sp³-hybridized carbons (Fsp3) is 0.464. The molecule has 1 N–H and O–H groups in total. The number of nitrogens with zero attached hydrogens (tertiary/aromatic N) is 2. The summed E-state index contributed by atoms with van der Waals surface area (Å²) in [4.78, 5) is 41.2. The van der Waals surface area contributed by atoms with E-state index >= 15 is 0 Å². The van der Waals surface area contributed by atoms with Crippen LogP contribution in [0.25, 0.3) is 0 Å². The van der Waals surface area contributed by atoms with E-state index in [-0.39, 0.29) is 54.2 Å². The van der Waals surface area contributed by atoms with Crippen LogP contribution in [0, 0.1) is 0 Å². The van der Waals surface area contributed by atoms with E-state index in [1.165, 1.54) is 17.0 Å². The van der Waals surface area contributed by atoms with Gasteiger partial charge in [0, 0.05) is 41.2 Å². The molecular weight excluding hydrogens is 561 g/mol. The van der Waals surface area contributed by atoms with Gasteiger partial charge in [-0.1, -0.05) is 67.6 Å². The Kier molecular flexibility index (Phi) is 9.56. The first-order chi connectivity index (χ1) is 18.6. The number of halogens is 2. The maximum atomic E-state index is 13.6. The van der Waals surface area contributed by atoms with Crippen molar-refractivity contribution in [2.75, 3.05) is 6.54 Å². The first-order valence-corrected chi connectivity index (χ1v) is 15.5. The number of hydrogen-bond acceptors (Lipinski definition) is 5. The minimum absolute atomic E-state index is 0.0262. The van der Waals surface area contributed by atoms with Crippen LogP contribution < -0.4 is 5.32 Å². The van der Waals surface area contributed by atoms with Crippen molar-refractivity contribution in [1.29, 1.82) is 0 Å². The van der Waals surface area contributed by atoms with Gasteiger partial charge in [-0.3, -0.25) is 14.4 Å². The second-order valence-electron chi connectivity index (χ2n) is 9.97. The maximum Gasteiger partial charge on any atom is 0.269 e. The zero-order valence-electron chi connectivity index (χ0n) is 21.9. The van der Waals surface area contributed by atoms with Gasteiger partial charge in [0.15, 0.2) is 0 Å². The largest absolute Gasteiger partial charge is 0.352 e. The third kappa shape index (κ3) is 6.42. The number of carbonyl (C=O) groups excluding carboxylic acids is 3. The van der Waals surface area contributed by atoms with Crippen molar-refractivity contribution in [3.05, 3.63) is 63.6 Å². The Morgan fingerprint density at radius 2 is 1.72 bits per heavy atom. The van der Waals surface area contributed by atoms with Gasteiger partial charge in [-0.25, -0.2) is 12.7 Å². The van der Waals surface area contributed by atoms with E-state index in [9.17, 15) is 22.8 Å². The zero-order chi connectivity index (χ0) is 28.2. The predicted molar refractivity (Wildman–Crippen MR) is 150 cm³/mol. The molecular formula is C28H33Cl2N3O5S. The molecule has 2 aromatic rings. The Morgan fingerprint density at radius 1 is 1.05 bits per heavy atom. The summed E-state index contributed by atoms with van der Waals surface area (Å²) in [7, 11) is -3.96. The smallest absolute Gasteiger partial charge is 0.269 e. The highest BCUT2D eigenvalue weighted by molar-refractivity contribution is 7.90. The molecule has 0 spiro atoms. The zero-order valence-corrected chi connectivity index (χ0v) is 24.2. The van der Waals surface area contributed by atoms with Crippen molar-refractivity contribution in [2.24, 2.45) is 0 Å². The summed E-state index contributed by atoms with van der Waals surface area (Å²) < 4.78 is 26.6. The van der Waals surface area contributed by atoms with Crippen molar-refractivity contribution in [3.63, 3.8) is 0 Å². The van der Waals surface area contributed by atoms with Gasteiger partial charge in [0.2, 0.25) is 11.8 Å². The highest BCUT2D eigenvalue weighted by atomic mass is 35.5. The minimum atomic E-state index is -3.96. The van der Waals surface area contributed by atoms with Crippen LogP contribution in [0.4, 0.5) is 0 Å². The first-order valence-electron chi connectivity index (χ1n) is 13.3. The standard InChI is InChI=1S/C28H33Cl2N3O5S/c1-2-24(27(35)31-19-10-4-3-5-11-19)32(18-21-22(29)13-8-14-23(21)30)26(34)16-9-17-33-28(36)20-12-6-7-15-25(20)39(33,37)38/h6-8,12-15,19,24H,2-5,9-11,16-18H2,1H3,(H,31,35). The molecule has 1 heterocycles.